The Morgan fingerprint density at radius 1 is 1.70 bits per heavy atom. The van der Waals surface area contributed by atoms with Crippen LogP contribution in [0.5, 0.6) is 0 Å². The molecule has 0 aromatic heterocycles. The van der Waals surface area contributed by atoms with E-state index in [1.165, 1.54) is 0 Å². The molecule has 0 aliphatic rings. The average molecular weight is 184 g/mol. The van der Waals surface area contributed by atoms with Crippen LogP contribution in [-0.4, -0.2) is 23.7 Å². The molecule has 0 heterocycles. The zero-order valence-corrected chi connectivity index (χ0v) is 7.51. The van der Waals surface area contributed by atoms with Gasteiger partial charge in [0.2, 0.25) is 0 Å². The van der Waals surface area contributed by atoms with Crippen molar-refractivity contribution < 1.29 is 14.7 Å². The number of carbonyl (C=O) groups is 1. The summed E-state index contributed by atoms with van der Waals surface area (Å²) in [5, 5.41) is 13.2. The Bertz CT molecular complexity index is 112. The van der Waals surface area contributed by atoms with Crippen LogP contribution in [0.15, 0.2) is 0 Å². The number of carboxylic acid groups (broad SMARTS) is 1. The Morgan fingerprint density at radius 3 is 2.60 bits per heavy atom. The Hall–Kier alpha value is 0.210. The second-order valence-corrected chi connectivity index (χ2v) is 2.06. The molecule has 0 aromatic carbocycles. The first-order valence-electron chi connectivity index (χ1n) is 2.48. The number of hydrogen-bond acceptors (Lipinski definition) is 4. The molecular formula is C3H10N2O3P2. The van der Waals surface area contributed by atoms with E-state index in [4.69, 9.17) is 5.11 Å². The Labute approximate surface area is 63.4 Å². The average Bonchev–Trinajstić information content (AvgIpc) is 1.89. The predicted octanol–water partition coefficient (Wildman–Crippen LogP) is -0.869. The van der Waals surface area contributed by atoms with Crippen LogP contribution in [0.4, 0.5) is 0 Å². The number of nitrogens with one attached hydrogen (secondary N) is 2. The van der Waals surface area contributed by atoms with Gasteiger partial charge in [0, 0.05) is 0 Å². The van der Waals surface area contributed by atoms with Gasteiger partial charge in [-0.15, -0.1) is 0 Å². The first-order valence-corrected chi connectivity index (χ1v) is 3.64. The minimum absolute atomic E-state index is 0.0718. The van der Waals surface area contributed by atoms with Crippen LogP contribution in [0.2, 0.25) is 0 Å². The van der Waals surface area contributed by atoms with E-state index >= 15 is 0 Å². The molecule has 0 amide bonds. The molecule has 3 atom stereocenters. The zero-order valence-electron chi connectivity index (χ0n) is 5.20. The molecule has 0 fully saturated rings. The molecule has 3 unspecified atom stereocenters. The molecule has 0 rings (SSSR count). The van der Waals surface area contributed by atoms with Gasteiger partial charge in [-0.1, -0.05) is 9.39 Å². The van der Waals surface area contributed by atoms with Crippen LogP contribution >= 0.6 is 18.8 Å². The smallest absolute Gasteiger partial charge is 0.323 e. The Kier molecular flexibility index (Phi) is 6.08. The van der Waals surface area contributed by atoms with E-state index < -0.39 is 12.0 Å². The van der Waals surface area contributed by atoms with Crippen LogP contribution in [0, 0.1) is 0 Å². The van der Waals surface area contributed by atoms with Gasteiger partial charge in [0.25, 0.3) is 0 Å². The van der Waals surface area contributed by atoms with E-state index in [-0.39, 0.29) is 6.61 Å². The minimum Gasteiger partial charge on any atom is -0.480 e. The van der Waals surface area contributed by atoms with Crippen molar-refractivity contribution in [2.24, 2.45) is 0 Å². The molecule has 0 aliphatic heterocycles. The third-order valence-electron chi connectivity index (χ3n) is 0.833. The van der Waals surface area contributed by atoms with Crippen molar-refractivity contribution in [3.05, 3.63) is 0 Å². The topological polar surface area (TPSA) is 70.6 Å². The maximum absolute atomic E-state index is 10.2. The van der Waals surface area contributed by atoms with E-state index in [0.717, 1.165) is 0 Å². The highest BCUT2D eigenvalue weighted by Crippen LogP contribution is 1.88. The number of rotatable bonds is 5. The van der Waals surface area contributed by atoms with Crippen molar-refractivity contribution >= 4 is 24.8 Å². The number of carboxylic acids is 1. The molecule has 10 heavy (non-hydrogen) atoms. The lowest BCUT2D eigenvalue weighted by Gasteiger charge is -2.09. The lowest BCUT2D eigenvalue weighted by atomic mass is 10.3. The fraction of sp³-hybridized carbons (Fsp3) is 0.667. The fourth-order valence-corrected chi connectivity index (χ4v) is 0.657. The summed E-state index contributed by atoms with van der Waals surface area (Å²) in [5.74, 6) is -0.949. The van der Waals surface area contributed by atoms with E-state index in [1.54, 1.807) is 0 Å². The standard InChI is InChI=1S/C3H10N2O3P2/c6-3(7)2(4-9)1-8-5-10/h2,4-5H,1,9-10H2,(H,6,7). The Morgan fingerprint density at radius 2 is 2.30 bits per heavy atom. The first kappa shape index (κ1) is 10.2. The normalized spacial score (nSPS) is 13.0. The van der Waals surface area contributed by atoms with Gasteiger partial charge in [0.15, 0.2) is 0 Å². The van der Waals surface area contributed by atoms with Crippen LogP contribution in [0.1, 0.15) is 0 Å². The summed E-state index contributed by atoms with van der Waals surface area (Å²) < 4.78 is 0. The molecule has 0 bridgehead atoms. The van der Waals surface area contributed by atoms with Crippen molar-refractivity contribution in [2.45, 2.75) is 6.04 Å². The fourth-order valence-electron chi connectivity index (χ4n) is 0.322. The van der Waals surface area contributed by atoms with Crippen molar-refractivity contribution in [2.75, 3.05) is 6.61 Å². The van der Waals surface area contributed by atoms with E-state index in [1.807, 2.05) is 0 Å². The molecule has 0 spiro atoms. The SMILES string of the molecule is O=C(O)C(CONP)NP. The maximum Gasteiger partial charge on any atom is 0.323 e. The molecule has 0 aliphatic carbocycles. The zero-order chi connectivity index (χ0) is 7.98. The van der Waals surface area contributed by atoms with Crippen molar-refractivity contribution in [1.82, 2.24) is 10.3 Å². The molecule has 5 nitrogen and oxygen atoms in total. The summed E-state index contributed by atoms with van der Waals surface area (Å²) in [6, 6.07) is -0.696. The molecule has 0 saturated carbocycles. The summed E-state index contributed by atoms with van der Waals surface area (Å²) in [4.78, 5) is 14.9. The predicted molar refractivity (Wildman–Crippen MR) is 43.1 cm³/mol. The highest BCUT2D eigenvalue weighted by molar-refractivity contribution is 7.13. The second-order valence-electron chi connectivity index (χ2n) is 1.49. The van der Waals surface area contributed by atoms with Gasteiger partial charge in [-0.3, -0.25) is 14.7 Å². The quantitative estimate of drug-likeness (QED) is 0.382. The van der Waals surface area contributed by atoms with Gasteiger partial charge in [-0.05, 0) is 9.39 Å². The van der Waals surface area contributed by atoms with E-state index in [0.29, 0.717) is 0 Å². The van der Waals surface area contributed by atoms with Gasteiger partial charge in [0.1, 0.15) is 6.04 Å². The molecular weight excluding hydrogens is 174 g/mol. The summed E-state index contributed by atoms with van der Waals surface area (Å²) in [5.41, 5.74) is 0. The summed E-state index contributed by atoms with van der Waals surface area (Å²) in [6.07, 6.45) is 0. The van der Waals surface area contributed by atoms with Gasteiger partial charge in [-0.25, -0.2) is 0 Å². The van der Waals surface area contributed by atoms with E-state index in [9.17, 15) is 4.79 Å². The molecule has 60 valence electrons. The van der Waals surface area contributed by atoms with Crippen LogP contribution in [0.25, 0.3) is 0 Å². The molecule has 0 radical (unpaired) electrons. The summed E-state index contributed by atoms with van der Waals surface area (Å²) in [6.45, 7) is 0.0718. The monoisotopic (exact) mass is 184 g/mol. The van der Waals surface area contributed by atoms with E-state index in [2.05, 4.69) is 34.0 Å². The highest BCUT2D eigenvalue weighted by Gasteiger charge is 2.13. The van der Waals surface area contributed by atoms with Crippen LogP contribution in [-0.2, 0) is 9.63 Å². The summed E-state index contributed by atoms with van der Waals surface area (Å²) in [7, 11) is 4.21. The second kappa shape index (κ2) is 5.96. The maximum atomic E-state index is 10.2. The lowest BCUT2D eigenvalue weighted by Crippen LogP contribution is -2.35. The third kappa shape index (κ3) is 4.09. The minimum atomic E-state index is -0.949. The summed E-state index contributed by atoms with van der Waals surface area (Å²) >= 11 is 0. The van der Waals surface area contributed by atoms with Crippen molar-refractivity contribution in [3.8, 4) is 0 Å². The van der Waals surface area contributed by atoms with Gasteiger partial charge in [0.05, 0.1) is 6.61 Å². The molecule has 0 aromatic rings. The van der Waals surface area contributed by atoms with Gasteiger partial charge < -0.3 is 5.11 Å². The van der Waals surface area contributed by atoms with Gasteiger partial charge >= 0.3 is 5.97 Å². The molecule has 0 saturated heterocycles. The van der Waals surface area contributed by atoms with Gasteiger partial charge in [-0.2, -0.15) is 5.25 Å². The third-order valence-corrected chi connectivity index (χ3v) is 1.40. The largest absolute Gasteiger partial charge is 0.480 e. The van der Waals surface area contributed by atoms with Crippen LogP contribution < -0.4 is 10.3 Å². The van der Waals surface area contributed by atoms with Crippen molar-refractivity contribution in [1.29, 1.82) is 0 Å². The van der Waals surface area contributed by atoms with Crippen LogP contribution in [0.3, 0.4) is 0 Å². The highest BCUT2D eigenvalue weighted by atomic mass is 31.0. The molecule has 7 heteroatoms. The number of aliphatic carboxylic acids is 1. The number of hydrogen-bond donors (Lipinski definition) is 3. The Balaban J connectivity index is 3.50. The van der Waals surface area contributed by atoms with Crippen molar-refractivity contribution in [3.63, 3.8) is 0 Å². The first-order chi connectivity index (χ1) is 4.72. The lowest BCUT2D eigenvalue weighted by molar-refractivity contribution is -0.140. The molecule has 3 N–H and O–H groups in total.